The zero-order valence-electron chi connectivity index (χ0n) is 14.3. The molecule has 5 rings (SSSR count). The number of allylic oxidation sites excluding steroid dienone is 1. The molecule has 4 saturated carbocycles. The van der Waals surface area contributed by atoms with Crippen molar-refractivity contribution in [2.24, 2.45) is 33.7 Å². The molecule has 1 heterocycles. The van der Waals surface area contributed by atoms with E-state index in [1.807, 2.05) is 18.6 Å². The van der Waals surface area contributed by atoms with Crippen molar-refractivity contribution in [1.29, 1.82) is 0 Å². The lowest BCUT2D eigenvalue weighted by atomic mass is 9.44. The summed E-state index contributed by atoms with van der Waals surface area (Å²) in [5.41, 5.74) is -0.262. The normalized spacial score (nSPS) is 37.4. The van der Waals surface area contributed by atoms with Crippen LogP contribution < -0.4 is 0 Å². The van der Waals surface area contributed by atoms with Crippen LogP contribution in [0.2, 0.25) is 0 Å². The summed E-state index contributed by atoms with van der Waals surface area (Å²) in [5, 5.41) is 0. The molecule has 4 nitrogen and oxygen atoms in total. The molecule has 4 bridgehead atoms. The summed E-state index contributed by atoms with van der Waals surface area (Å²) in [6.45, 7) is 5.94. The van der Waals surface area contributed by atoms with Gasteiger partial charge in [0.05, 0.1) is 5.41 Å². The van der Waals surface area contributed by atoms with Gasteiger partial charge in [-0.25, -0.2) is 20.0 Å². The molecule has 4 fully saturated rings. The van der Waals surface area contributed by atoms with Crippen LogP contribution in [0.5, 0.6) is 0 Å². The lowest BCUT2D eigenvalue weighted by Gasteiger charge is -2.59. The van der Waals surface area contributed by atoms with Crippen LogP contribution in [0.25, 0.3) is 0 Å². The van der Waals surface area contributed by atoms with Gasteiger partial charge in [-0.15, -0.1) is 0 Å². The Morgan fingerprint density at radius 3 is 2.20 bits per heavy atom. The molecule has 132 valence electrons. The van der Waals surface area contributed by atoms with Gasteiger partial charge < -0.3 is 0 Å². The third-order valence-corrected chi connectivity index (χ3v) is 7.14. The number of nitrogens with zero attached hydrogens (tertiary/aromatic N) is 4. The number of rotatable bonds is 3. The van der Waals surface area contributed by atoms with Crippen LogP contribution in [-0.4, -0.2) is 22.5 Å². The van der Waals surface area contributed by atoms with Gasteiger partial charge in [0.25, 0.3) is 0 Å². The van der Waals surface area contributed by atoms with Crippen molar-refractivity contribution in [3.63, 3.8) is 0 Å². The molecule has 0 N–H and O–H groups in total. The van der Waals surface area contributed by atoms with Gasteiger partial charge in [0, 0.05) is 25.7 Å². The third-order valence-electron chi connectivity index (χ3n) is 6.30. The minimum Gasteiger partial charge on any atom is -0.248 e. The van der Waals surface area contributed by atoms with Crippen LogP contribution in [0, 0.1) is 27.2 Å². The molecule has 4 aliphatic carbocycles. The maximum absolute atomic E-state index is 4.79. The summed E-state index contributed by atoms with van der Waals surface area (Å²) in [6.07, 6.45) is 12.2. The largest absolute Gasteiger partial charge is 0.248 e. The molecular weight excluding hydrogens is 538 g/mol. The first-order chi connectivity index (χ1) is 12.0. The zero-order chi connectivity index (χ0) is 17.6. The summed E-state index contributed by atoms with van der Waals surface area (Å²) in [7, 11) is 0. The minimum atomic E-state index is -0.262. The lowest BCUT2D eigenvalue weighted by Crippen LogP contribution is -2.59. The first-order valence-corrected chi connectivity index (χ1v) is 11.0. The SMILES string of the molecule is C=N/C(=N\C=C(/C)I)C1(c2ncc(I)cn2)C2CC3CC(C2)CC1C3. The van der Waals surface area contributed by atoms with E-state index in [2.05, 4.69) is 63.8 Å². The summed E-state index contributed by atoms with van der Waals surface area (Å²) in [6, 6.07) is 0. The quantitative estimate of drug-likeness (QED) is 0.291. The zero-order valence-corrected chi connectivity index (χ0v) is 18.6. The fraction of sp³-hybridized carbons (Fsp3) is 0.579. The van der Waals surface area contributed by atoms with Gasteiger partial charge in [-0.05, 0) is 115 Å². The topological polar surface area (TPSA) is 50.5 Å². The first kappa shape index (κ1) is 18.0. The van der Waals surface area contributed by atoms with Crippen molar-refractivity contribution in [1.82, 2.24) is 9.97 Å². The van der Waals surface area contributed by atoms with E-state index < -0.39 is 0 Å². The predicted molar refractivity (Wildman–Crippen MR) is 118 cm³/mol. The van der Waals surface area contributed by atoms with Crippen molar-refractivity contribution in [3.8, 4) is 0 Å². The second kappa shape index (κ2) is 6.98. The monoisotopic (exact) mass is 560 g/mol. The molecule has 0 radical (unpaired) electrons. The molecule has 0 amide bonds. The van der Waals surface area contributed by atoms with Crippen molar-refractivity contribution in [2.45, 2.75) is 44.4 Å². The van der Waals surface area contributed by atoms with Gasteiger partial charge >= 0.3 is 0 Å². The Morgan fingerprint density at radius 2 is 1.72 bits per heavy atom. The van der Waals surface area contributed by atoms with E-state index >= 15 is 0 Å². The maximum atomic E-state index is 4.79. The summed E-state index contributed by atoms with van der Waals surface area (Å²) >= 11 is 4.56. The number of aromatic nitrogens is 2. The van der Waals surface area contributed by atoms with E-state index in [-0.39, 0.29) is 5.41 Å². The molecule has 6 heteroatoms. The van der Waals surface area contributed by atoms with E-state index in [1.165, 1.54) is 32.1 Å². The van der Waals surface area contributed by atoms with E-state index in [0.717, 1.165) is 30.6 Å². The lowest BCUT2D eigenvalue weighted by molar-refractivity contribution is -0.0330. The van der Waals surface area contributed by atoms with Crippen LogP contribution in [0.3, 0.4) is 0 Å². The highest BCUT2D eigenvalue weighted by Gasteiger charge is 2.62. The van der Waals surface area contributed by atoms with E-state index in [9.17, 15) is 0 Å². The maximum Gasteiger partial charge on any atom is 0.142 e. The molecule has 0 saturated heterocycles. The van der Waals surface area contributed by atoms with Crippen LogP contribution in [0.1, 0.15) is 44.9 Å². The molecule has 1 aromatic rings. The number of hydrogen-bond acceptors (Lipinski definition) is 3. The summed E-state index contributed by atoms with van der Waals surface area (Å²) < 4.78 is 2.20. The average molecular weight is 560 g/mol. The highest BCUT2D eigenvalue weighted by atomic mass is 127. The van der Waals surface area contributed by atoms with Crippen molar-refractivity contribution >= 4 is 57.7 Å². The second-order valence-electron chi connectivity index (χ2n) is 7.73. The standard InChI is InChI=1S/C19H22I2N4/c1-11(20)8-23-17(22-2)19(18-24-9-16(21)10-25-18)14-4-12-3-13(6-14)7-15(19)5-12/h8-10,12-15H,2-7H2,1H3/b11-8+,23-17-. The van der Waals surface area contributed by atoms with Crippen molar-refractivity contribution in [2.75, 3.05) is 0 Å². The Hall–Kier alpha value is -0.380. The predicted octanol–water partition coefficient (Wildman–Crippen LogP) is 5.17. The molecular formula is C19H22I2N4. The average Bonchev–Trinajstić information content (AvgIpc) is 2.57. The molecule has 0 aromatic carbocycles. The van der Waals surface area contributed by atoms with Gasteiger partial charge in [0.15, 0.2) is 0 Å². The Kier molecular flexibility index (Phi) is 5.02. The first-order valence-electron chi connectivity index (χ1n) is 8.89. The molecule has 0 spiro atoms. The Bertz CT molecular complexity index is 706. The highest BCUT2D eigenvalue weighted by Crippen LogP contribution is 2.63. The molecule has 1 aromatic heterocycles. The van der Waals surface area contributed by atoms with E-state index in [4.69, 9.17) is 15.0 Å². The van der Waals surface area contributed by atoms with E-state index in [0.29, 0.717) is 11.8 Å². The van der Waals surface area contributed by atoms with E-state index in [1.54, 1.807) is 0 Å². The van der Waals surface area contributed by atoms with Gasteiger partial charge in [-0.1, -0.05) is 0 Å². The Balaban J connectivity index is 1.90. The number of aliphatic imine (C=N–C) groups is 2. The van der Waals surface area contributed by atoms with Gasteiger partial charge in [-0.3, -0.25) is 0 Å². The molecule has 25 heavy (non-hydrogen) atoms. The summed E-state index contributed by atoms with van der Waals surface area (Å²) in [4.78, 5) is 18.8. The highest BCUT2D eigenvalue weighted by molar-refractivity contribution is 14.1. The molecule has 0 unspecified atom stereocenters. The fourth-order valence-corrected chi connectivity index (χ4v) is 6.13. The molecule has 0 atom stereocenters. The summed E-state index contributed by atoms with van der Waals surface area (Å²) in [5.74, 6) is 4.55. The molecule has 4 aliphatic rings. The van der Waals surface area contributed by atoms with Crippen LogP contribution in [0.15, 0.2) is 32.2 Å². The number of hydrogen-bond donors (Lipinski definition) is 0. The van der Waals surface area contributed by atoms with Gasteiger partial charge in [0.2, 0.25) is 0 Å². The minimum absolute atomic E-state index is 0.262. The van der Waals surface area contributed by atoms with Gasteiger partial charge in [0.1, 0.15) is 11.7 Å². The Morgan fingerprint density at radius 1 is 1.16 bits per heavy atom. The molecule has 0 aliphatic heterocycles. The smallest absolute Gasteiger partial charge is 0.142 e. The Labute approximate surface area is 176 Å². The van der Waals surface area contributed by atoms with Crippen molar-refractivity contribution < 1.29 is 0 Å². The van der Waals surface area contributed by atoms with Crippen molar-refractivity contribution in [3.05, 3.63) is 31.6 Å². The number of amidine groups is 1. The second-order valence-corrected chi connectivity index (χ2v) is 10.7. The van der Waals surface area contributed by atoms with Crippen LogP contribution >= 0.6 is 45.2 Å². The third kappa shape index (κ3) is 3.00. The fourth-order valence-electron chi connectivity index (χ4n) is 5.71. The number of halogens is 2. The van der Waals surface area contributed by atoms with Gasteiger partial charge in [-0.2, -0.15) is 0 Å². The van der Waals surface area contributed by atoms with Crippen LogP contribution in [0.4, 0.5) is 0 Å². The van der Waals surface area contributed by atoms with Crippen LogP contribution in [-0.2, 0) is 5.41 Å².